The molecule has 2 fully saturated rings. The van der Waals surface area contributed by atoms with Gasteiger partial charge in [0.2, 0.25) is 0 Å². The Kier molecular flexibility index (Phi) is 15.3. The summed E-state index contributed by atoms with van der Waals surface area (Å²) in [5.41, 5.74) is 0. The molecule has 0 unspecified atom stereocenters. The molecule has 0 saturated carbocycles. The lowest BCUT2D eigenvalue weighted by Gasteiger charge is -2.39. The molecule has 0 aliphatic carbocycles. The SMILES string of the molecule is C=CCOC[C@@H](O)CCC1(C)OCCO1.C=CCOC[C@H](CCC1(C)OCCO1)O[Si](C)(C)C(C)(C)C. The molecule has 0 spiro atoms. The largest absolute Gasteiger partial charge is 0.412 e. The smallest absolute Gasteiger partial charge is 0.192 e. The third-order valence-electron chi connectivity index (χ3n) is 7.00. The molecule has 0 bridgehead atoms. The highest BCUT2D eigenvalue weighted by Crippen LogP contribution is 2.38. The molecule has 2 aliphatic heterocycles. The van der Waals surface area contributed by atoms with E-state index in [1.165, 1.54) is 0 Å². The maximum absolute atomic E-state index is 9.58. The summed E-state index contributed by atoms with van der Waals surface area (Å²) in [6.07, 6.45) is 6.05. The Morgan fingerprint density at radius 2 is 1.27 bits per heavy atom. The molecule has 2 heterocycles. The molecule has 0 radical (unpaired) electrons. The average molecular weight is 547 g/mol. The van der Waals surface area contributed by atoms with Crippen LogP contribution in [0.3, 0.4) is 0 Å². The van der Waals surface area contributed by atoms with Crippen molar-refractivity contribution in [1.82, 2.24) is 0 Å². The Labute approximate surface area is 226 Å². The summed E-state index contributed by atoms with van der Waals surface area (Å²) in [6, 6.07) is 0. The molecule has 0 amide bonds. The highest BCUT2D eigenvalue weighted by molar-refractivity contribution is 6.74. The van der Waals surface area contributed by atoms with Crippen molar-refractivity contribution in [1.29, 1.82) is 0 Å². The van der Waals surface area contributed by atoms with Gasteiger partial charge in [0, 0.05) is 12.8 Å². The van der Waals surface area contributed by atoms with Gasteiger partial charge in [0.1, 0.15) is 0 Å². The molecule has 0 aromatic carbocycles. The Bertz CT molecular complexity index is 637. The van der Waals surface area contributed by atoms with Gasteiger partial charge in [-0.25, -0.2) is 0 Å². The molecule has 0 aromatic heterocycles. The molecule has 0 aromatic rings. The summed E-state index contributed by atoms with van der Waals surface area (Å²) in [5.74, 6) is -0.979. The van der Waals surface area contributed by atoms with Crippen LogP contribution in [-0.4, -0.2) is 90.1 Å². The second kappa shape index (κ2) is 16.5. The standard InChI is InChI=1S/C17H34O4Si.C11H20O4/c1-8-11-18-14-15(21-22(6,7)16(2,3)4)9-10-17(5)19-12-13-20-17;1-3-6-13-9-10(12)4-5-11(2)14-7-8-15-11/h8,15H,1,9-14H2,2-7H3;3,10,12H,1,4-9H2,2H3/t15-;10-/m00/s1. The molecule has 2 aliphatic rings. The van der Waals surface area contributed by atoms with Crippen LogP contribution in [0.2, 0.25) is 18.1 Å². The summed E-state index contributed by atoms with van der Waals surface area (Å²) in [4.78, 5) is 0. The first-order valence-electron chi connectivity index (χ1n) is 13.5. The van der Waals surface area contributed by atoms with Gasteiger partial charge >= 0.3 is 0 Å². The highest BCUT2D eigenvalue weighted by Gasteiger charge is 2.40. The summed E-state index contributed by atoms with van der Waals surface area (Å²) in [5, 5.41) is 9.77. The minimum Gasteiger partial charge on any atom is -0.412 e. The number of rotatable bonds is 16. The van der Waals surface area contributed by atoms with Crippen molar-refractivity contribution in [3.63, 3.8) is 0 Å². The average Bonchev–Trinajstić information content (AvgIpc) is 3.45. The van der Waals surface area contributed by atoms with Gasteiger partial charge in [0.15, 0.2) is 19.9 Å². The first kappa shape index (κ1) is 34.4. The molecule has 2 atom stereocenters. The van der Waals surface area contributed by atoms with Crippen molar-refractivity contribution in [2.45, 2.75) is 102 Å². The Hall–Kier alpha value is -0.623. The molecule has 2 saturated heterocycles. The van der Waals surface area contributed by atoms with Crippen molar-refractivity contribution in [3.8, 4) is 0 Å². The first-order chi connectivity index (χ1) is 17.3. The van der Waals surface area contributed by atoms with Crippen LogP contribution >= 0.6 is 0 Å². The van der Waals surface area contributed by atoms with E-state index in [-0.39, 0.29) is 11.1 Å². The van der Waals surface area contributed by atoms with E-state index in [0.717, 1.165) is 12.8 Å². The van der Waals surface area contributed by atoms with Crippen LogP contribution < -0.4 is 0 Å². The third-order valence-corrected chi connectivity index (χ3v) is 11.5. The van der Waals surface area contributed by atoms with Gasteiger partial charge in [-0.3, -0.25) is 0 Å². The summed E-state index contributed by atoms with van der Waals surface area (Å²) < 4.78 is 39.5. The molecular weight excluding hydrogens is 492 g/mol. The van der Waals surface area contributed by atoms with Crippen molar-refractivity contribution < 1.29 is 38.0 Å². The number of ether oxygens (including phenoxy) is 6. The van der Waals surface area contributed by atoms with Gasteiger partial charge in [0.05, 0.1) is 65.1 Å². The summed E-state index contributed by atoms with van der Waals surface area (Å²) in [7, 11) is -1.82. The van der Waals surface area contributed by atoms with Crippen LogP contribution in [-0.2, 0) is 32.8 Å². The van der Waals surface area contributed by atoms with E-state index in [9.17, 15) is 5.11 Å². The van der Waals surface area contributed by atoms with Crippen molar-refractivity contribution in [2.24, 2.45) is 0 Å². The van der Waals surface area contributed by atoms with Crippen LogP contribution in [0.4, 0.5) is 0 Å². The zero-order valence-corrected chi connectivity index (χ0v) is 25.5. The van der Waals surface area contributed by atoms with Crippen LogP contribution in [0, 0.1) is 0 Å². The van der Waals surface area contributed by atoms with Gasteiger partial charge in [-0.15, -0.1) is 13.2 Å². The fourth-order valence-corrected chi connectivity index (χ4v) is 5.05. The molecule has 1 N–H and O–H groups in total. The molecule has 8 nitrogen and oxygen atoms in total. The van der Waals surface area contributed by atoms with Gasteiger partial charge in [-0.05, 0) is 44.8 Å². The van der Waals surface area contributed by atoms with Gasteiger partial charge in [-0.2, -0.15) is 0 Å². The number of hydrogen-bond donors (Lipinski definition) is 1. The fraction of sp³-hybridized carbons (Fsp3) is 0.857. The lowest BCUT2D eigenvalue weighted by atomic mass is 10.1. The topological polar surface area (TPSA) is 84.8 Å². The van der Waals surface area contributed by atoms with Crippen LogP contribution in [0.25, 0.3) is 0 Å². The van der Waals surface area contributed by atoms with E-state index in [2.05, 4.69) is 47.0 Å². The van der Waals surface area contributed by atoms with Gasteiger partial charge < -0.3 is 38.0 Å². The number of hydrogen-bond acceptors (Lipinski definition) is 8. The fourth-order valence-electron chi connectivity index (χ4n) is 3.68. The third kappa shape index (κ3) is 13.8. The highest BCUT2D eigenvalue weighted by atomic mass is 28.4. The number of aliphatic hydroxyl groups excluding tert-OH is 1. The maximum Gasteiger partial charge on any atom is 0.192 e. The Morgan fingerprint density at radius 1 is 0.838 bits per heavy atom. The Morgan fingerprint density at radius 3 is 1.70 bits per heavy atom. The van der Waals surface area contributed by atoms with Crippen LogP contribution in [0.5, 0.6) is 0 Å². The van der Waals surface area contributed by atoms with Crippen molar-refractivity contribution in [3.05, 3.63) is 25.3 Å². The summed E-state index contributed by atoms with van der Waals surface area (Å²) >= 11 is 0. The van der Waals surface area contributed by atoms with E-state index in [1.807, 2.05) is 13.8 Å². The van der Waals surface area contributed by atoms with E-state index in [1.54, 1.807) is 12.2 Å². The van der Waals surface area contributed by atoms with Crippen LogP contribution in [0.1, 0.15) is 60.3 Å². The van der Waals surface area contributed by atoms with Crippen molar-refractivity contribution in [2.75, 3.05) is 52.9 Å². The summed E-state index contributed by atoms with van der Waals surface area (Å²) in [6.45, 7) is 27.0. The maximum atomic E-state index is 9.58. The molecule has 2 rings (SSSR count). The monoisotopic (exact) mass is 546 g/mol. The quantitative estimate of drug-likeness (QED) is 0.160. The predicted octanol–water partition coefficient (Wildman–Crippen LogP) is 5.22. The lowest BCUT2D eigenvalue weighted by molar-refractivity contribution is -0.152. The van der Waals surface area contributed by atoms with E-state index < -0.39 is 26.0 Å². The van der Waals surface area contributed by atoms with E-state index >= 15 is 0 Å². The molecular formula is C28H54O8Si. The second-order valence-electron chi connectivity index (χ2n) is 11.5. The number of aliphatic hydroxyl groups is 1. The van der Waals surface area contributed by atoms with Crippen LogP contribution in [0.15, 0.2) is 25.3 Å². The second-order valence-corrected chi connectivity index (χ2v) is 16.3. The first-order valence-corrected chi connectivity index (χ1v) is 16.5. The minimum atomic E-state index is -1.82. The molecule has 218 valence electrons. The van der Waals surface area contributed by atoms with E-state index in [4.69, 9.17) is 32.8 Å². The molecule has 9 heteroatoms. The Balaban J connectivity index is 0.000000397. The van der Waals surface area contributed by atoms with E-state index in [0.29, 0.717) is 65.7 Å². The molecule has 37 heavy (non-hydrogen) atoms. The predicted molar refractivity (Wildman–Crippen MR) is 149 cm³/mol. The lowest BCUT2D eigenvalue weighted by Crippen LogP contribution is -2.45. The zero-order chi connectivity index (χ0) is 28.0. The van der Waals surface area contributed by atoms with Gasteiger partial charge in [-0.1, -0.05) is 32.9 Å². The normalized spacial score (nSPS) is 20.6. The zero-order valence-electron chi connectivity index (χ0n) is 24.5. The van der Waals surface area contributed by atoms with Gasteiger partial charge in [0.25, 0.3) is 0 Å². The minimum absolute atomic E-state index is 0.0745. The van der Waals surface area contributed by atoms with Crippen molar-refractivity contribution >= 4 is 8.32 Å².